The predicted octanol–water partition coefficient (Wildman–Crippen LogP) is -0.231. The number of hydrogen-bond donors (Lipinski definition) is 2. The van der Waals surface area contributed by atoms with Gasteiger partial charge >= 0.3 is 0 Å². The van der Waals surface area contributed by atoms with Crippen LogP contribution in [0, 0.1) is 0 Å². The molecule has 17 heavy (non-hydrogen) atoms. The fourth-order valence-electron chi connectivity index (χ4n) is 1.82. The van der Waals surface area contributed by atoms with Gasteiger partial charge in [-0.25, -0.2) is 0 Å². The third kappa shape index (κ3) is 1.73. The van der Waals surface area contributed by atoms with E-state index in [1.165, 1.54) is 6.20 Å². The monoisotopic (exact) mass is 233 g/mol. The Morgan fingerprint density at radius 1 is 1.41 bits per heavy atom. The van der Waals surface area contributed by atoms with Crippen molar-refractivity contribution < 1.29 is 14.1 Å². The molecule has 1 heterocycles. The number of aromatic nitrogens is 1. The topological polar surface area (TPSA) is 112 Å². The molecule has 1 aromatic rings. The van der Waals surface area contributed by atoms with Crippen molar-refractivity contribution in [1.82, 2.24) is 5.16 Å². The van der Waals surface area contributed by atoms with Gasteiger partial charge in [0, 0.05) is 18.1 Å². The van der Waals surface area contributed by atoms with Gasteiger partial charge in [-0.15, -0.1) is 0 Å². The van der Waals surface area contributed by atoms with Crippen molar-refractivity contribution in [2.75, 3.05) is 0 Å². The van der Waals surface area contributed by atoms with Crippen molar-refractivity contribution in [3.63, 3.8) is 0 Å². The van der Waals surface area contributed by atoms with Crippen LogP contribution in [0.2, 0.25) is 0 Å². The van der Waals surface area contributed by atoms with Crippen LogP contribution in [0.1, 0.15) is 12.2 Å². The molecule has 6 nitrogen and oxygen atoms in total. The Kier molecular flexibility index (Phi) is 2.55. The summed E-state index contributed by atoms with van der Waals surface area (Å²) in [4.78, 5) is 22.8. The van der Waals surface area contributed by atoms with Gasteiger partial charge in [-0.1, -0.05) is 23.4 Å². The lowest BCUT2D eigenvalue weighted by Crippen LogP contribution is -2.41. The largest absolute Gasteiger partial charge is 0.369 e. The lowest BCUT2D eigenvalue weighted by molar-refractivity contribution is -0.122. The molecule has 1 atom stereocenters. The normalized spacial score (nSPS) is 23.2. The zero-order valence-electron chi connectivity index (χ0n) is 8.92. The fourth-order valence-corrected chi connectivity index (χ4v) is 1.82. The maximum absolute atomic E-state index is 11.6. The third-order valence-electron chi connectivity index (χ3n) is 2.78. The van der Waals surface area contributed by atoms with Gasteiger partial charge in [-0.3, -0.25) is 9.59 Å². The molecule has 2 amide bonds. The van der Waals surface area contributed by atoms with Crippen LogP contribution >= 0.6 is 0 Å². The van der Waals surface area contributed by atoms with E-state index in [0.717, 1.165) is 0 Å². The highest BCUT2D eigenvalue weighted by Crippen LogP contribution is 2.35. The molecule has 1 aromatic heterocycles. The lowest BCUT2D eigenvalue weighted by Gasteiger charge is -2.26. The summed E-state index contributed by atoms with van der Waals surface area (Å²) in [6.45, 7) is 0. The summed E-state index contributed by atoms with van der Waals surface area (Å²) in [7, 11) is 0. The number of amides is 2. The first-order valence-electron chi connectivity index (χ1n) is 4.95. The van der Waals surface area contributed by atoms with Crippen molar-refractivity contribution >= 4 is 11.8 Å². The van der Waals surface area contributed by atoms with E-state index in [1.807, 2.05) is 0 Å². The number of rotatable bonds is 3. The Balaban J connectivity index is 2.47. The van der Waals surface area contributed by atoms with Crippen LogP contribution in [0.25, 0.3) is 0 Å². The molecule has 4 N–H and O–H groups in total. The summed E-state index contributed by atoms with van der Waals surface area (Å²) in [5.74, 6) is -0.898. The number of allylic oxidation sites excluding steroid dienone is 2. The van der Waals surface area contributed by atoms with Gasteiger partial charge in [0.1, 0.15) is 5.41 Å². The molecule has 1 unspecified atom stereocenters. The van der Waals surface area contributed by atoms with Crippen LogP contribution in [0.15, 0.2) is 40.6 Å². The van der Waals surface area contributed by atoms with E-state index in [-0.39, 0.29) is 6.42 Å². The van der Waals surface area contributed by atoms with Crippen LogP contribution in [0.3, 0.4) is 0 Å². The van der Waals surface area contributed by atoms with E-state index in [4.69, 9.17) is 16.0 Å². The fraction of sp³-hybridized carbons (Fsp3) is 0.182. The number of nitrogens with two attached hydrogens (primary N) is 2. The minimum atomic E-state index is -1.18. The van der Waals surface area contributed by atoms with Gasteiger partial charge in [0.15, 0.2) is 5.76 Å². The zero-order chi connectivity index (χ0) is 12.5. The standard InChI is InChI=1S/C11H11N3O3/c12-9(15)7-2-1-4-11(6-7,10(13)16)8-3-5-14-17-8/h1-5H,6H2,(H2,12,15)(H2,13,16). The van der Waals surface area contributed by atoms with Crippen LogP contribution in [-0.4, -0.2) is 17.0 Å². The van der Waals surface area contributed by atoms with Gasteiger partial charge < -0.3 is 16.0 Å². The van der Waals surface area contributed by atoms with E-state index in [0.29, 0.717) is 11.3 Å². The second-order valence-corrected chi connectivity index (χ2v) is 3.80. The molecule has 0 fully saturated rings. The summed E-state index contributed by atoms with van der Waals surface area (Å²) in [5.41, 5.74) is 9.74. The van der Waals surface area contributed by atoms with Gasteiger partial charge in [0.25, 0.3) is 0 Å². The van der Waals surface area contributed by atoms with Gasteiger partial charge in [-0.2, -0.15) is 0 Å². The Morgan fingerprint density at radius 2 is 2.18 bits per heavy atom. The van der Waals surface area contributed by atoms with Crippen LogP contribution < -0.4 is 11.5 Å². The van der Waals surface area contributed by atoms with Crippen LogP contribution in [0.5, 0.6) is 0 Å². The minimum absolute atomic E-state index is 0.0867. The van der Waals surface area contributed by atoms with Crippen molar-refractivity contribution in [2.24, 2.45) is 11.5 Å². The van der Waals surface area contributed by atoms with E-state index < -0.39 is 17.2 Å². The molecule has 88 valence electrons. The molecule has 0 aliphatic heterocycles. The highest BCUT2D eigenvalue weighted by molar-refractivity contribution is 5.97. The quantitative estimate of drug-likeness (QED) is 0.750. The molecule has 0 aromatic carbocycles. The number of nitrogens with zero attached hydrogens (tertiary/aromatic N) is 1. The minimum Gasteiger partial charge on any atom is -0.369 e. The van der Waals surface area contributed by atoms with Gasteiger partial charge in [-0.05, 0) is 0 Å². The molecular weight excluding hydrogens is 222 g/mol. The molecule has 6 heteroatoms. The number of primary amides is 2. The first-order valence-corrected chi connectivity index (χ1v) is 4.95. The molecule has 0 spiro atoms. The molecule has 0 saturated heterocycles. The first-order chi connectivity index (χ1) is 8.06. The van der Waals surface area contributed by atoms with Crippen LogP contribution in [-0.2, 0) is 15.0 Å². The number of carbonyl (C=O) groups is 2. The van der Waals surface area contributed by atoms with E-state index in [2.05, 4.69) is 5.16 Å². The summed E-state index contributed by atoms with van der Waals surface area (Å²) >= 11 is 0. The summed E-state index contributed by atoms with van der Waals surface area (Å²) in [5, 5.41) is 3.54. The Hall–Kier alpha value is -2.37. The third-order valence-corrected chi connectivity index (χ3v) is 2.78. The summed E-state index contributed by atoms with van der Waals surface area (Å²) in [6.07, 6.45) is 6.21. The Bertz CT molecular complexity index is 516. The average molecular weight is 233 g/mol. The highest BCUT2D eigenvalue weighted by atomic mass is 16.5. The van der Waals surface area contributed by atoms with Crippen molar-refractivity contribution in [2.45, 2.75) is 11.8 Å². The Morgan fingerprint density at radius 3 is 2.71 bits per heavy atom. The zero-order valence-corrected chi connectivity index (χ0v) is 8.92. The number of hydrogen-bond acceptors (Lipinski definition) is 4. The first kappa shape index (κ1) is 11.1. The molecule has 0 radical (unpaired) electrons. The highest BCUT2D eigenvalue weighted by Gasteiger charge is 2.42. The molecule has 0 saturated carbocycles. The number of carbonyl (C=O) groups excluding carboxylic acids is 2. The van der Waals surface area contributed by atoms with Crippen molar-refractivity contribution in [3.05, 3.63) is 41.8 Å². The van der Waals surface area contributed by atoms with E-state index in [9.17, 15) is 9.59 Å². The van der Waals surface area contributed by atoms with Crippen molar-refractivity contribution in [3.8, 4) is 0 Å². The van der Waals surface area contributed by atoms with E-state index >= 15 is 0 Å². The maximum Gasteiger partial charge on any atom is 0.244 e. The van der Waals surface area contributed by atoms with Gasteiger partial charge in [0.2, 0.25) is 11.8 Å². The molecule has 2 rings (SSSR count). The lowest BCUT2D eigenvalue weighted by atomic mass is 9.75. The van der Waals surface area contributed by atoms with Crippen LogP contribution in [0.4, 0.5) is 0 Å². The second kappa shape index (κ2) is 3.89. The Labute approximate surface area is 96.9 Å². The predicted molar refractivity (Wildman–Crippen MR) is 58.4 cm³/mol. The molecule has 1 aliphatic rings. The smallest absolute Gasteiger partial charge is 0.244 e. The SMILES string of the molecule is NC(=O)C1=CC=CC(C(N)=O)(c2ccno2)C1. The van der Waals surface area contributed by atoms with Gasteiger partial charge in [0.05, 0.1) is 6.20 Å². The summed E-state index contributed by atoms with van der Waals surface area (Å²) < 4.78 is 4.98. The second-order valence-electron chi connectivity index (χ2n) is 3.80. The van der Waals surface area contributed by atoms with E-state index in [1.54, 1.807) is 24.3 Å². The molecular formula is C11H11N3O3. The molecule has 1 aliphatic carbocycles. The average Bonchev–Trinajstić information content (AvgIpc) is 2.82. The summed E-state index contributed by atoms with van der Waals surface area (Å²) in [6, 6.07) is 1.54. The van der Waals surface area contributed by atoms with Crippen molar-refractivity contribution in [1.29, 1.82) is 0 Å². The molecule has 0 bridgehead atoms. The maximum atomic E-state index is 11.6.